The first kappa shape index (κ1) is 16.1. The normalized spacial score (nSPS) is 21.2. The third kappa shape index (κ3) is 3.27. The van der Waals surface area contributed by atoms with Gasteiger partial charge in [0.25, 0.3) is 0 Å². The largest absolute Gasteiger partial charge is 0.355 e. The molecule has 22 heavy (non-hydrogen) atoms. The number of piperidine rings is 1. The third-order valence-corrected chi connectivity index (χ3v) is 5.67. The van der Waals surface area contributed by atoms with Gasteiger partial charge in [-0.3, -0.25) is 4.79 Å². The Labute approximate surface area is 141 Å². The smallest absolute Gasteiger partial charge is 0.223 e. The second kappa shape index (κ2) is 6.77. The highest BCUT2D eigenvalue weighted by Gasteiger charge is 2.40. The third-order valence-electron chi connectivity index (χ3n) is 5.12. The molecule has 1 aliphatic carbocycles. The van der Waals surface area contributed by atoms with Crippen LogP contribution in [0.25, 0.3) is 0 Å². The molecule has 2 fully saturated rings. The fraction of sp³-hybridized carbons (Fsp3) is 0.588. The van der Waals surface area contributed by atoms with Gasteiger partial charge in [0.05, 0.1) is 0 Å². The summed E-state index contributed by atoms with van der Waals surface area (Å²) >= 11 is 12.4. The van der Waals surface area contributed by atoms with Crippen LogP contribution in [0.2, 0.25) is 10.0 Å². The van der Waals surface area contributed by atoms with Crippen molar-refractivity contribution in [3.8, 4) is 0 Å². The predicted molar refractivity (Wildman–Crippen MR) is 90.6 cm³/mol. The summed E-state index contributed by atoms with van der Waals surface area (Å²) in [6.45, 7) is 2.55. The summed E-state index contributed by atoms with van der Waals surface area (Å²) in [5.74, 6) is 0.344. The van der Waals surface area contributed by atoms with Gasteiger partial charge in [-0.1, -0.05) is 35.7 Å². The Morgan fingerprint density at radius 3 is 2.59 bits per heavy atom. The van der Waals surface area contributed by atoms with E-state index in [1.54, 1.807) is 6.07 Å². The van der Waals surface area contributed by atoms with E-state index in [9.17, 15) is 4.79 Å². The van der Waals surface area contributed by atoms with Crippen LogP contribution < -0.4 is 10.6 Å². The summed E-state index contributed by atoms with van der Waals surface area (Å²) in [6, 6.07) is 5.70. The van der Waals surface area contributed by atoms with E-state index in [-0.39, 0.29) is 17.2 Å². The van der Waals surface area contributed by atoms with Crippen LogP contribution in [0, 0.1) is 5.92 Å². The molecule has 2 aliphatic rings. The highest BCUT2D eigenvalue weighted by Crippen LogP contribution is 2.46. The molecule has 1 amide bonds. The zero-order valence-electron chi connectivity index (χ0n) is 12.6. The van der Waals surface area contributed by atoms with Crippen LogP contribution in [0.3, 0.4) is 0 Å². The van der Waals surface area contributed by atoms with Crippen LogP contribution in [0.15, 0.2) is 18.2 Å². The lowest BCUT2D eigenvalue weighted by Gasteiger charge is -2.43. The van der Waals surface area contributed by atoms with Crippen molar-refractivity contribution in [3.63, 3.8) is 0 Å². The van der Waals surface area contributed by atoms with Crippen molar-refractivity contribution in [2.24, 2.45) is 5.92 Å². The number of carbonyl (C=O) groups is 1. The Hall–Kier alpha value is -0.770. The van der Waals surface area contributed by atoms with Crippen LogP contribution >= 0.6 is 23.2 Å². The predicted octanol–water partition coefficient (Wildman–Crippen LogP) is 3.53. The van der Waals surface area contributed by atoms with Gasteiger partial charge in [-0.15, -0.1) is 0 Å². The molecule has 1 saturated carbocycles. The lowest BCUT2D eigenvalue weighted by molar-refractivity contribution is -0.126. The zero-order valence-corrected chi connectivity index (χ0v) is 14.1. The lowest BCUT2D eigenvalue weighted by Crippen LogP contribution is -2.48. The van der Waals surface area contributed by atoms with Gasteiger partial charge in [0.1, 0.15) is 0 Å². The second-order valence-electron chi connectivity index (χ2n) is 6.50. The zero-order chi connectivity index (χ0) is 15.6. The molecule has 0 spiro atoms. The summed E-state index contributed by atoms with van der Waals surface area (Å²) in [6.07, 6.45) is 5.19. The first-order valence-electron chi connectivity index (χ1n) is 8.05. The minimum absolute atomic E-state index is 0.00967. The summed E-state index contributed by atoms with van der Waals surface area (Å²) in [5.41, 5.74) is 1.11. The van der Waals surface area contributed by atoms with Gasteiger partial charge < -0.3 is 10.6 Å². The molecule has 120 valence electrons. The maximum absolute atomic E-state index is 12.4. The number of rotatable bonds is 4. The van der Waals surface area contributed by atoms with Crippen molar-refractivity contribution in [2.75, 3.05) is 19.6 Å². The topological polar surface area (TPSA) is 41.1 Å². The minimum atomic E-state index is -0.00967. The van der Waals surface area contributed by atoms with E-state index in [0.717, 1.165) is 44.3 Å². The molecule has 5 heteroatoms. The van der Waals surface area contributed by atoms with Crippen molar-refractivity contribution in [2.45, 2.75) is 37.5 Å². The van der Waals surface area contributed by atoms with Crippen LogP contribution in [0.5, 0.6) is 0 Å². The number of amides is 1. The fourth-order valence-corrected chi connectivity index (χ4v) is 4.16. The molecule has 1 heterocycles. The van der Waals surface area contributed by atoms with Gasteiger partial charge in [0, 0.05) is 27.9 Å². The van der Waals surface area contributed by atoms with Crippen LogP contribution in [0.1, 0.15) is 37.7 Å². The van der Waals surface area contributed by atoms with E-state index in [1.807, 2.05) is 12.1 Å². The van der Waals surface area contributed by atoms with E-state index in [1.165, 1.54) is 6.42 Å². The maximum atomic E-state index is 12.4. The maximum Gasteiger partial charge on any atom is 0.223 e. The number of hydrogen-bond donors (Lipinski definition) is 2. The first-order chi connectivity index (χ1) is 10.6. The Morgan fingerprint density at radius 2 is 2.00 bits per heavy atom. The molecule has 0 unspecified atom stereocenters. The highest BCUT2D eigenvalue weighted by atomic mass is 35.5. The number of halogens is 2. The second-order valence-corrected chi connectivity index (χ2v) is 7.34. The van der Waals surface area contributed by atoms with Crippen molar-refractivity contribution in [1.29, 1.82) is 0 Å². The van der Waals surface area contributed by atoms with Gasteiger partial charge in [-0.05, 0) is 56.5 Å². The molecule has 1 aromatic rings. The Bertz CT molecular complexity index is 552. The molecule has 0 bridgehead atoms. The SMILES string of the molecule is O=C(NCC1(c2ccc(Cl)cc2Cl)CCC1)C1CCNCC1. The number of carbonyl (C=O) groups excluding carboxylic acids is 1. The van der Waals surface area contributed by atoms with Gasteiger partial charge in [0.15, 0.2) is 0 Å². The molecule has 1 saturated heterocycles. The van der Waals surface area contributed by atoms with Crippen LogP contribution in [-0.2, 0) is 10.2 Å². The summed E-state index contributed by atoms with van der Waals surface area (Å²) in [5, 5.41) is 7.84. The van der Waals surface area contributed by atoms with Crippen molar-refractivity contribution >= 4 is 29.1 Å². The standard InChI is InChI=1S/C17H22Cl2N2O/c18-13-2-3-14(15(19)10-13)17(6-1-7-17)11-21-16(22)12-4-8-20-9-5-12/h2-3,10,12,20H,1,4-9,11H2,(H,21,22). The summed E-state index contributed by atoms with van der Waals surface area (Å²) < 4.78 is 0. The minimum Gasteiger partial charge on any atom is -0.355 e. The van der Waals surface area contributed by atoms with Crippen molar-refractivity contribution in [3.05, 3.63) is 33.8 Å². The summed E-state index contributed by atoms with van der Waals surface area (Å²) in [4.78, 5) is 12.4. The van der Waals surface area contributed by atoms with Gasteiger partial charge in [-0.2, -0.15) is 0 Å². The van der Waals surface area contributed by atoms with Crippen molar-refractivity contribution < 1.29 is 4.79 Å². The lowest BCUT2D eigenvalue weighted by atomic mass is 9.64. The fourth-order valence-electron chi connectivity index (χ4n) is 3.55. The van der Waals surface area contributed by atoms with Crippen molar-refractivity contribution in [1.82, 2.24) is 10.6 Å². The molecule has 2 N–H and O–H groups in total. The number of benzene rings is 1. The Balaban J connectivity index is 1.67. The van der Waals surface area contributed by atoms with Gasteiger partial charge in [-0.25, -0.2) is 0 Å². The molecule has 0 atom stereocenters. The Kier molecular flexibility index (Phi) is 4.96. The van der Waals surface area contributed by atoms with Crippen LogP contribution in [0.4, 0.5) is 0 Å². The van der Waals surface area contributed by atoms with E-state index in [0.29, 0.717) is 16.6 Å². The van der Waals surface area contributed by atoms with Gasteiger partial charge >= 0.3 is 0 Å². The van der Waals surface area contributed by atoms with E-state index in [2.05, 4.69) is 10.6 Å². The monoisotopic (exact) mass is 340 g/mol. The number of nitrogens with one attached hydrogen (secondary N) is 2. The molecule has 3 rings (SSSR count). The first-order valence-corrected chi connectivity index (χ1v) is 8.80. The molecule has 0 radical (unpaired) electrons. The van der Waals surface area contributed by atoms with E-state index >= 15 is 0 Å². The number of hydrogen-bond acceptors (Lipinski definition) is 2. The molecular weight excluding hydrogens is 319 g/mol. The van der Waals surface area contributed by atoms with E-state index < -0.39 is 0 Å². The molecule has 1 aromatic carbocycles. The average Bonchev–Trinajstić information content (AvgIpc) is 2.48. The molecule has 1 aliphatic heterocycles. The molecular formula is C17H22Cl2N2O. The van der Waals surface area contributed by atoms with Crippen LogP contribution in [-0.4, -0.2) is 25.5 Å². The quantitative estimate of drug-likeness (QED) is 0.880. The average molecular weight is 341 g/mol. The Morgan fingerprint density at radius 1 is 1.27 bits per heavy atom. The highest BCUT2D eigenvalue weighted by molar-refractivity contribution is 6.35. The molecule has 3 nitrogen and oxygen atoms in total. The van der Waals surface area contributed by atoms with Gasteiger partial charge in [0.2, 0.25) is 5.91 Å². The summed E-state index contributed by atoms with van der Waals surface area (Å²) in [7, 11) is 0. The molecule has 0 aromatic heterocycles. The van der Waals surface area contributed by atoms with E-state index in [4.69, 9.17) is 23.2 Å².